The number of aromatic nitrogens is 4. The molecule has 11 nitrogen and oxygen atoms in total. The van der Waals surface area contributed by atoms with Gasteiger partial charge in [-0.3, -0.25) is 8.75 Å². The average molecular weight is 421 g/mol. The molecule has 4 rings (SSSR count). The van der Waals surface area contributed by atoms with E-state index in [-0.39, 0.29) is 10.7 Å². The third kappa shape index (κ3) is 3.56. The van der Waals surface area contributed by atoms with Gasteiger partial charge in [0.25, 0.3) is 10.1 Å². The molecule has 12 heteroatoms. The van der Waals surface area contributed by atoms with Crippen LogP contribution in [0.1, 0.15) is 11.8 Å². The van der Waals surface area contributed by atoms with Crippen LogP contribution in [-0.4, -0.2) is 63.1 Å². The van der Waals surface area contributed by atoms with Crippen LogP contribution in [0.15, 0.2) is 41.8 Å². The molecule has 3 aromatic rings. The van der Waals surface area contributed by atoms with Crippen LogP contribution in [0.5, 0.6) is 0 Å². The zero-order chi connectivity index (χ0) is 20.8. The largest absolute Gasteiger partial charge is 0.387 e. The van der Waals surface area contributed by atoms with E-state index in [0.29, 0.717) is 11.2 Å². The topological polar surface area (TPSA) is 163 Å². The quantitative estimate of drug-likeness (QED) is 0.468. The third-order valence-corrected chi connectivity index (χ3v) is 5.99. The number of ether oxygens (including phenoxy) is 1. The third-order valence-electron chi connectivity index (χ3n) is 4.70. The van der Waals surface area contributed by atoms with Gasteiger partial charge in [0.1, 0.15) is 30.2 Å². The molecular weight excluding hydrogens is 402 g/mol. The van der Waals surface area contributed by atoms with E-state index in [9.17, 15) is 18.6 Å². The van der Waals surface area contributed by atoms with Gasteiger partial charge in [-0.1, -0.05) is 17.7 Å². The molecule has 0 bridgehead atoms. The maximum absolute atomic E-state index is 12.3. The first-order valence-corrected chi connectivity index (χ1v) is 10.1. The molecule has 29 heavy (non-hydrogen) atoms. The number of aliphatic hydroxyl groups excluding tert-OH is 2. The van der Waals surface area contributed by atoms with Crippen molar-refractivity contribution in [1.29, 1.82) is 0 Å². The van der Waals surface area contributed by atoms with Crippen LogP contribution in [0.2, 0.25) is 0 Å². The summed E-state index contributed by atoms with van der Waals surface area (Å²) in [4.78, 5) is 12.0. The minimum atomic E-state index is -4.05. The molecule has 4 N–H and O–H groups in total. The van der Waals surface area contributed by atoms with Gasteiger partial charge in [0.05, 0.1) is 17.8 Å². The predicted molar refractivity (Wildman–Crippen MR) is 100.0 cm³/mol. The lowest BCUT2D eigenvalue weighted by Crippen LogP contribution is -2.34. The Bertz CT molecular complexity index is 1130. The zero-order valence-corrected chi connectivity index (χ0v) is 16.1. The number of aliphatic hydroxyl groups is 2. The Morgan fingerprint density at radius 3 is 2.62 bits per heavy atom. The van der Waals surface area contributed by atoms with E-state index in [1.807, 2.05) is 6.92 Å². The molecule has 1 aliphatic heterocycles. The molecule has 154 valence electrons. The van der Waals surface area contributed by atoms with E-state index in [1.165, 1.54) is 29.4 Å². The highest BCUT2D eigenvalue weighted by molar-refractivity contribution is 7.86. The minimum Gasteiger partial charge on any atom is -0.387 e. The lowest BCUT2D eigenvalue weighted by Gasteiger charge is -2.16. The van der Waals surface area contributed by atoms with Crippen molar-refractivity contribution < 1.29 is 27.6 Å². The molecule has 1 saturated heterocycles. The van der Waals surface area contributed by atoms with E-state index >= 15 is 0 Å². The number of nitrogens with two attached hydrogens (primary N) is 1. The van der Waals surface area contributed by atoms with Crippen molar-refractivity contribution in [3.8, 4) is 0 Å². The van der Waals surface area contributed by atoms with E-state index in [4.69, 9.17) is 14.7 Å². The highest BCUT2D eigenvalue weighted by Gasteiger charge is 2.45. The van der Waals surface area contributed by atoms with Gasteiger partial charge in [0.15, 0.2) is 17.7 Å². The molecule has 0 saturated carbocycles. The van der Waals surface area contributed by atoms with Crippen molar-refractivity contribution in [2.45, 2.75) is 36.4 Å². The van der Waals surface area contributed by atoms with Crippen molar-refractivity contribution in [2.75, 3.05) is 12.3 Å². The lowest BCUT2D eigenvalue weighted by atomic mass is 10.1. The smallest absolute Gasteiger partial charge is 0.297 e. The van der Waals surface area contributed by atoms with Crippen molar-refractivity contribution >= 4 is 27.1 Å². The van der Waals surface area contributed by atoms with Crippen LogP contribution in [-0.2, 0) is 19.0 Å². The highest BCUT2D eigenvalue weighted by Crippen LogP contribution is 2.32. The van der Waals surface area contributed by atoms with Crippen molar-refractivity contribution in [1.82, 2.24) is 19.5 Å². The second kappa shape index (κ2) is 7.31. The van der Waals surface area contributed by atoms with Gasteiger partial charge < -0.3 is 20.7 Å². The number of hydrogen-bond donors (Lipinski definition) is 3. The summed E-state index contributed by atoms with van der Waals surface area (Å²) in [5, 5.41) is 20.7. The molecule has 0 radical (unpaired) electrons. The summed E-state index contributed by atoms with van der Waals surface area (Å²) in [6.45, 7) is 1.36. The molecular formula is C17H19N5O6S. The van der Waals surface area contributed by atoms with Crippen LogP contribution < -0.4 is 5.73 Å². The van der Waals surface area contributed by atoms with Gasteiger partial charge in [0.2, 0.25) is 0 Å². The number of hydrogen-bond acceptors (Lipinski definition) is 10. The number of imidazole rings is 1. The summed E-state index contributed by atoms with van der Waals surface area (Å²) < 4.78 is 36.8. The van der Waals surface area contributed by atoms with Crippen LogP contribution in [0.25, 0.3) is 11.2 Å². The number of anilines is 1. The fourth-order valence-electron chi connectivity index (χ4n) is 3.08. The maximum Gasteiger partial charge on any atom is 0.297 e. The molecule has 4 atom stereocenters. The second-order valence-corrected chi connectivity index (χ2v) is 8.30. The summed E-state index contributed by atoms with van der Waals surface area (Å²) in [5.74, 6) is 0.158. The van der Waals surface area contributed by atoms with Gasteiger partial charge in [-0.2, -0.15) is 8.42 Å². The first-order valence-electron chi connectivity index (χ1n) is 8.68. The van der Waals surface area contributed by atoms with Crippen molar-refractivity contribution in [3.05, 3.63) is 42.5 Å². The maximum atomic E-state index is 12.3. The Kier molecular flexibility index (Phi) is 4.96. The Morgan fingerprint density at radius 1 is 1.17 bits per heavy atom. The molecule has 3 heterocycles. The molecule has 2 aromatic heterocycles. The van der Waals surface area contributed by atoms with Crippen molar-refractivity contribution in [2.24, 2.45) is 0 Å². The minimum absolute atomic E-state index is 0.0135. The Hall–Kier alpha value is -2.64. The molecule has 0 unspecified atom stereocenters. The van der Waals surface area contributed by atoms with Gasteiger partial charge in [-0.15, -0.1) is 0 Å². The predicted octanol–water partition coefficient (Wildman–Crippen LogP) is -0.258. The number of rotatable bonds is 5. The summed E-state index contributed by atoms with van der Waals surface area (Å²) in [6.07, 6.45) is -2.30. The van der Waals surface area contributed by atoms with Crippen molar-refractivity contribution in [3.63, 3.8) is 0 Å². The standard InChI is InChI=1S/C17H19N5O6S/c1-9-2-4-10(5-3-9)29(25,26)27-6-11-13(23)14(24)17(28-11)22-8-21-12-15(18)19-7-20-16(12)22/h2-5,7-8,11,13-14,17,23-24H,6H2,1H3,(H2,18,19,20)/t11-,13+,14-,17-/m0/s1. The zero-order valence-electron chi connectivity index (χ0n) is 15.3. The van der Waals surface area contributed by atoms with Gasteiger partial charge in [0, 0.05) is 0 Å². The van der Waals surface area contributed by atoms with Gasteiger partial charge in [-0.25, -0.2) is 15.0 Å². The number of aryl methyl sites for hydroxylation is 1. The monoisotopic (exact) mass is 421 g/mol. The van der Waals surface area contributed by atoms with E-state index in [0.717, 1.165) is 5.56 Å². The van der Waals surface area contributed by atoms with E-state index < -0.39 is 41.3 Å². The highest BCUT2D eigenvalue weighted by atomic mass is 32.2. The Labute approximate surface area is 165 Å². The van der Waals surface area contributed by atoms with Gasteiger partial charge >= 0.3 is 0 Å². The molecule has 0 spiro atoms. The summed E-state index contributed by atoms with van der Waals surface area (Å²) >= 11 is 0. The fourth-order valence-corrected chi connectivity index (χ4v) is 4.00. The first-order chi connectivity index (χ1) is 13.8. The van der Waals surface area contributed by atoms with Gasteiger partial charge in [-0.05, 0) is 19.1 Å². The molecule has 1 aromatic carbocycles. The van der Waals surface area contributed by atoms with Crippen LogP contribution in [0.4, 0.5) is 5.82 Å². The SMILES string of the molecule is Cc1ccc(S(=O)(=O)OC[C@@H]2O[C@H](n3cnc4c(N)ncnc43)[C@@H](O)[C@@H]2O)cc1. The molecule has 1 fully saturated rings. The van der Waals surface area contributed by atoms with Crippen LogP contribution >= 0.6 is 0 Å². The molecule has 0 amide bonds. The summed E-state index contributed by atoms with van der Waals surface area (Å²) in [7, 11) is -4.05. The van der Waals surface area contributed by atoms with Crippen LogP contribution in [0.3, 0.4) is 0 Å². The number of nitrogens with zero attached hydrogens (tertiary/aromatic N) is 4. The molecule has 1 aliphatic rings. The summed E-state index contributed by atoms with van der Waals surface area (Å²) in [5.41, 5.74) is 7.28. The Balaban J connectivity index is 1.51. The molecule has 0 aliphatic carbocycles. The summed E-state index contributed by atoms with van der Waals surface area (Å²) in [6, 6.07) is 6.15. The van der Waals surface area contributed by atoms with Crippen LogP contribution in [0, 0.1) is 6.92 Å². The fraction of sp³-hybridized carbons (Fsp3) is 0.353. The lowest BCUT2D eigenvalue weighted by molar-refractivity contribution is -0.0467. The normalized spacial score (nSPS) is 24.9. The average Bonchev–Trinajstić information content (AvgIpc) is 3.24. The van der Waals surface area contributed by atoms with E-state index in [1.54, 1.807) is 12.1 Å². The number of nitrogen functional groups attached to an aromatic ring is 1. The second-order valence-electron chi connectivity index (χ2n) is 6.68. The number of benzene rings is 1. The Morgan fingerprint density at radius 2 is 1.90 bits per heavy atom. The van der Waals surface area contributed by atoms with E-state index in [2.05, 4.69) is 15.0 Å². The number of fused-ring (bicyclic) bond motifs is 1. The first kappa shape index (κ1) is 19.7.